The summed E-state index contributed by atoms with van der Waals surface area (Å²) in [6, 6.07) is 7.41. The molecule has 16 heavy (non-hydrogen) atoms. The molecule has 1 aliphatic heterocycles. The number of hydrogen-bond donors (Lipinski definition) is 2. The van der Waals surface area contributed by atoms with Crippen molar-refractivity contribution in [2.45, 2.75) is 26.0 Å². The Hall–Kier alpha value is -1.06. The van der Waals surface area contributed by atoms with E-state index in [0.717, 1.165) is 18.7 Å². The minimum Gasteiger partial charge on any atom is -0.508 e. The molecule has 1 aromatic carbocycles. The second kappa shape index (κ2) is 4.44. The number of rotatable bonds is 2. The number of phenols is 1. The van der Waals surface area contributed by atoms with Gasteiger partial charge in [-0.25, -0.2) is 0 Å². The summed E-state index contributed by atoms with van der Waals surface area (Å²) < 4.78 is 5.81. The van der Waals surface area contributed by atoms with Gasteiger partial charge in [0.2, 0.25) is 0 Å². The molecule has 2 atom stereocenters. The normalized spacial score (nSPS) is 30.2. The monoisotopic (exact) mass is 221 g/mol. The van der Waals surface area contributed by atoms with E-state index in [-0.39, 0.29) is 5.72 Å². The third kappa shape index (κ3) is 2.54. The summed E-state index contributed by atoms with van der Waals surface area (Å²) in [4.78, 5) is 0. The van der Waals surface area contributed by atoms with Gasteiger partial charge in [0.15, 0.2) is 0 Å². The summed E-state index contributed by atoms with van der Waals surface area (Å²) in [5.41, 5.74) is 0.567. The van der Waals surface area contributed by atoms with Crippen molar-refractivity contribution in [2.75, 3.05) is 13.2 Å². The first-order chi connectivity index (χ1) is 7.59. The van der Waals surface area contributed by atoms with Crippen molar-refractivity contribution < 1.29 is 9.84 Å². The van der Waals surface area contributed by atoms with Crippen LogP contribution in [0.5, 0.6) is 5.75 Å². The fraction of sp³-hybridized carbons (Fsp3) is 0.538. The van der Waals surface area contributed by atoms with Gasteiger partial charge in [-0.2, -0.15) is 0 Å². The Morgan fingerprint density at radius 3 is 2.88 bits per heavy atom. The van der Waals surface area contributed by atoms with Crippen molar-refractivity contribution in [3.8, 4) is 5.75 Å². The van der Waals surface area contributed by atoms with Crippen molar-refractivity contribution in [1.82, 2.24) is 5.32 Å². The standard InChI is InChI=1S/C13H19NO2/c1-10-8-14-13(2,16-9-10)7-11-5-3-4-6-12(11)15/h3-6,10,14-15H,7-9H2,1-2H3. The maximum absolute atomic E-state index is 9.72. The molecular weight excluding hydrogens is 202 g/mol. The van der Waals surface area contributed by atoms with Crippen molar-refractivity contribution in [1.29, 1.82) is 0 Å². The minimum atomic E-state index is -0.356. The molecule has 0 saturated carbocycles. The van der Waals surface area contributed by atoms with Crippen LogP contribution in [0.3, 0.4) is 0 Å². The fourth-order valence-corrected chi connectivity index (χ4v) is 1.96. The van der Waals surface area contributed by atoms with Gasteiger partial charge in [0.05, 0.1) is 6.61 Å². The molecule has 0 spiro atoms. The highest BCUT2D eigenvalue weighted by molar-refractivity contribution is 5.32. The van der Waals surface area contributed by atoms with Crippen LogP contribution in [-0.2, 0) is 11.2 Å². The van der Waals surface area contributed by atoms with Gasteiger partial charge in [0.25, 0.3) is 0 Å². The van der Waals surface area contributed by atoms with Crippen molar-refractivity contribution in [2.24, 2.45) is 5.92 Å². The molecule has 0 aromatic heterocycles. The molecule has 88 valence electrons. The molecule has 0 bridgehead atoms. The fourth-order valence-electron chi connectivity index (χ4n) is 1.96. The summed E-state index contributed by atoms with van der Waals surface area (Å²) in [6.45, 7) is 5.93. The molecule has 0 aliphatic carbocycles. The molecular formula is C13H19NO2. The van der Waals surface area contributed by atoms with Gasteiger partial charge in [0.1, 0.15) is 11.5 Å². The third-order valence-electron chi connectivity index (χ3n) is 3.03. The molecule has 1 fully saturated rings. The lowest BCUT2D eigenvalue weighted by Gasteiger charge is -2.38. The third-order valence-corrected chi connectivity index (χ3v) is 3.03. The van der Waals surface area contributed by atoms with Gasteiger partial charge < -0.3 is 9.84 Å². The zero-order valence-electron chi connectivity index (χ0n) is 9.86. The van der Waals surface area contributed by atoms with E-state index in [9.17, 15) is 5.11 Å². The van der Waals surface area contributed by atoms with E-state index in [2.05, 4.69) is 12.2 Å². The zero-order valence-corrected chi connectivity index (χ0v) is 9.86. The maximum Gasteiger partial charge on any atom is 0.120 e. The van der Waals surface area contributed by atoms with E-state index in [1.54, 1.807) is 6.07 Å². The van der Waals surface area contributed by atoms with Crippen LogP contribution in [0.15, 0.2) is 24.3 Å². The Morgan fingerprint density at radius 1 is 1.50 bits per heavy atom. The second-order valence-corrected chi connectivity index (χ2v) is 4.83. The van der Waals surface area contributed by atoms with E-state index in [1.807, 2.05) is 25.1 Å². The van der Waals surface area contributed by atoms with Crippen LogP contribution in [0.4, 0.5) is 0 Å². The molecule has 1 saturated heterocycles. The highest BCUT2D eigenvalue weighted by Gasteiger charge is 2.30. The van der Waals surface area contributed by atoms with Crippen LogP contribution < -0.4 is 5.32 Å². The minimum absolute atomic E-state index is 0.341. The molecule has 2 N–H and O–H groups in total. The summed E-state index contributed by atoms with van der Waals surface area (Å²) >= 11 is 0. The van der Waals surface area contributed by atoms with Crippen LogP contribution >= 0.6 is 0 Å². The summed E-state index contributed by atoms with van der Waals surface area (Å²) in [5, 5.41) is 13.1. The van der Waals surface area contributed by atoms with Crippen LogP contribution in [0.1, 0.15) is 19.4 Å². The van der Waals surface area contributed by atoms with Gasteiger partial charge in [-0.3, -0.25) is 5.32 Å². The number of phenolic OH excluding ortho intramolecular Hbond substituents is 1. The zero-order chi connectivity index (χ0) is 11.6. The predicted octanol–water partition coefficient (Wildman–Crippen LogP) is 1.91. The van der Waals surface area contributed by atoms with Gasteiger partial charge in [-0.05, 0) is 24.5 Å². The number of nitrogens with one attached hydrogen (secondary N) is 1. The molecule has 1 aromatic rings. The van der Waals surface area contributed by atoms with Crippen molar-refractivity contribution in [3.63, 3.8) is 0 Å². The highest BCUT2D eigenvalue weighted by atomic mass is 16.5. The molecule has 0 amide bonds. The summed E-state index contributed by atoms with van der Waals surface area (Å²) in [5.74, 6) is 0.894. The predicted molar refractivity (Wildman–Crippen MR) is 63.3 cm³/mol. The second-order valence-electron chi connectivity index (χ2n) is 4.83. The molecule has 1 aliphatic rings. The Labute approximate surface area is 96.4 Å². The van der Waals surface area contributed by atoms with Gasteiger partial charge in [-0.1, -0.05) is 25.1 Å². The number of benzene rings is 1. The molecule has 2 rings (SSSR count). The van der Waals surface area contributed by atoms with Crippen LogP contribution in [0, 0.1) is 5.92 Å². The maximum atomic E-state index is 9.72. The van der Waals surface area contributed by atoms with Crippen molar-refractivity contribution >= 4 is 0 Å². The first-order valence-electron chi connectivity index (χ1n) is 5.75. The topological polar surface area (TPSA) is 41.5 Å². The molecule has 3 heteroatoms. The lowest BCUT2D eigenvalue weighted by molar-refractivity contribution is -0.0999. The summed E-state index contributed by atoms with van der Waals surface area (Å²) in [7, 11) is 0. The summed E-state index contributed by atoms with van der Waals surface area (Å²) in [6.07, 6.45) is 0.687. The number of hydrogen-bond acceptors (Lipinski definition) is 3. The van der Waals surface area contributed by atoms with E-state index in [4.69, 9.17) is 4.74 Å². The Balaban J connectivity index is 2.07. The molecule has 3 nitrogen and oxygen atoms in total. The van der Waals surface area contributed by atoms with E-state index in [1.165, 1.54) is 0 Å². The molecule has 1 heterocycles. The highest BCUT2D eigenvalue weighted by Crippen LogP contribution is 2.24. The average Bonchev–Trinajstić information content (AvgIpc) is 2.27. The first-order valence-corrected chi connectivity index (χ1v) is 5.75. The van der Waals surface area contributed by atoms with Crippen LogP contribution in [-0.4, -0.2) is 24.0 Å². The number of ether oxygens (including phenoxy) is 1. The van der Waals surface area contributed by atoms with Crippen molar-refractivity contribution in [3.05, 3.63) is 29.8 Å². The smallest absolute Gasteiger partial charge is 0.120 e. The lowest BCUT2D eigenvalue weighted by Crippen LogP contribution is -2.53. The Morgan fingerprint density at radius 2 is 2.25 bits per heavy atom. The van der Waals surface area contributed by atoms with Gasteiger partial charge >= 0.3 is 0 Å². The number of para-hydroxylation sites is 1. The van der Waals surface area contributed by atoms with E-state index >= 15 is 0 Å². The molecule has 2 unspecified atom stereocenters. The average molecular weight is 221 g/mol. The van der Waals surface area contributed by atoms with Gasteiger partial charge in [0, 0.05) is 13.0 Å². The lowest BCUT2D eigenvalue weighted by atomic mass is 10.00. The quantitative estimate of drug-likeness (QED) is 0.801. The van der Waals surface area contributed by atoms with E-state index < -0.39 is 0 Å². The Kier molecular flexibility index (Phi) is 3.17. The first kappa shape index (κ1) is 11.4. The largest absolute Gasteiger partial charge is 0.508 e. The van der Waals surface area contributed by atoms with Crippen LogP contribution in [0.25, 0.3) is 0 Å². The Bertz CT molecular complexity index is 357. The SMILES string of the molecule is CC1CNC(C)(Cc2ccccc2O)OC1. The van der Waals surface area contributed by atoms with Crippen LogP contribution in [0.2, 0.25) is 0 Å². The van der Waals surface area contributed by atoms with Gasteiger partial charge in [-0.15, -0.1) is 0 Å². The molecule has 0 radical (unpaired) electrons. The van der Waals surface area contributed by atoms with E-state index in [0.29, 0.717) is 18.1 Å². The number of aromatic hydroxyl groups is 1.